The van der Waals surface area contributed by atoms with E-state index in [-0.39, 0.29) is 28.3 Å². The van der Waals surface area contributed by atoms with E-state index in [0.717, 1.165) is 25.0 Å². The fourth-order valence-corrected chi connectivity index (χ4v) is 3.32. The van der Waals surface area contributed by atoms with Gasteiger partial charge in [0.2, 0.25) is 5.91 Å². The molecule has 0 unspecified atom stereocenters. The number of nitrogens with zero attached hydrogens (tertiary/aromatic N) is 3. The predicted molar refractivity (Wildman–Crippen MR) is 90.2 cm³/mol. The number of carbonyl (C=O) groups is 1. The van der Waals surface area contributed by atoms with Crippen molar-refractivity contribution in [1.29, 1.82) is 0 Å². The van der Waals surface area contributed by atoms with Crippen LogP contribution in [-0.4, -0.2) is 25.7 Å². The average Bonchev–Trinajstić information content (AvgIpc) is 3.33. The lowest BCUT2D eigenvalue weighted by Crippen LogP contribution is -2.21. The number of nitrogens with one attached hydrogen (secondary N) is 1. The lowest BCUT2D eigenvalue weighted by molar-refractivity contribution is -0.384. The molecule has 138 valence electrons. The first-order chi connectivity index (χ1) is 12.3. The summed E-state index contributed by atoms with van der Waals surface area (Å²) in [5.41, 5.74) is -0.218. The summed E-state index contributed by atoms with van der Waals surface area (Å²) in [4.78, 5) is 22.2. The first-order valence-electron chi connectivity index (χ1n) is 7.59. The second kappa shape index (κ2) is 6.98. The molecule has 0 atom stereocenters. The molecule has 26 heavy (non-hydrogen) atoms. The number of hydrogen-bond acceptors (Lipinski definition) is 5. The lowest BCUT2D eigenvalue weighted by Gasteiger charge is -2.09. The fourth-order valence-electron chi connectivity index (χ4n) is 2.54. The van der Waals surface area contributed by atoms with Gasteiger partial charge in [-0.15, -0.1) is 0 Å². The molecular formula is C15H13BrF2N4O4. The number of hydrogen-bond donors (Lipinski definition) is 2. The molecule has 8 nitrogen and oxygen atoms in total. The van der Waals surface area contributed by atoms with Crippen LogP contribution < -0.4 is 5.32 Å². The number of aromatic hydroxyl groups is 1. The third kappa shape index (κ3) is 3.66. The van der Waals surface area contributed by atoms with Crippen molar-refractivity contribution in [1.82, 2.24) is 9.78 Å². The number of halogens is 3. The van der Waals surface area contributed by atoms with Crippen molar-refractivity contribution in [3.05, 3.63) is 44.2 Å². The minimum absolute atomic E-state index is 0.0196. The van der Waals surface area contributed by atoms with Crippen LogP contribution in [-0.2, 0) is 11.3 Å². The van der Waals surface area contributed by atoms with Crippen molar-refractivity contribution in [2.45, 2.75) is 31.7 Å². The topological polar surface area (TPSA) is 110 Å². The molecule has 0 bridgehead atoms. The van der Waals surface area contributed by atoms with Crippen LogP contribution in [0.2, 0.25) is 0 Å². The number of carbonyl (C=O) groups excluding carboxylic acids is 1. The quantitative estimate of drug-likeness (QED) is 0.412. The van der Waals surface area contributed by atoms with Crippen molar-refractivity contribution in [2.75, 3.05) is 5.32 Å². The maximum atomic E-state index is 13.1. The molecular weight excluding hydrogens is 418 g/mol. The SMILES string of the molecule is O=C(Cn1nc(C(F)F)c(Br)c1C1CC1)Nc1ccc([N+](=O)[O-])cc1O. The second-order valence-corrected chi connectivity index (χ2v) is 6.62. The molecule has 1 saturated carbocycles. The van der Waals surface area contributed by atoms with Crippen LogP contribution in [0.4, 0.5) is 20.2 Å². The minimum atomic E-state index is -2.77. The van der Waals surface area contributed by atoms with Crippen LogP contribution in [0.25, 0.3) is 0 Å². The second-order valence-electron chi connectivity index (χ2n) is 5.82. The zero-order valence-corrected chi connectivity index (χ0v) is 14.7. The smallest absolute Gasteiger partial charge is 0.283 e. The molecule has 0 saturated heterocycles. The van der Waals surface area contributed by atoms with Gasteiger partial charge in [0.25, 0.3) is 12.1 Å². The van der Waals surface area contributed by atoms with Crippen molar-refractivity contribution < 1.29 is 23.6 Å². The Bertz CT molecular complexity index is 883. The largest absolute Gasteiger partial charge is 0.506 e. The van der Waals surface area contributed by atoms with Gasteiger partial charge in [-0.25, -0.2) is 8.78 Å². The number of rotatable bonds is 6. The Kier molecular flexibility index (Phi) is 4.90. The number of benzene rings is 1. The average molecular weight is 431 g/mol. The summed E-state index contributed by atoms with van der Waals surface area (Å²) in [5.74, 6) is -0.998. The number of nitro groups is 1. The zero-order chi connectivity index (χ0) is 19.0. The van der Waals surface area contributed by atoms with E-state index in [1.54, 1.807) is 0 Å². The van der Waals surface area contributed by atoms with E-state index in [1.807, 2.05) is 0 Å². The normalized spacial score (nSPS) is 13.8. The molecule has 1 heterocycles. The van der Waals surface area contributed by atoms with Crippen LogP contribution >= 0.6 is 15.9 Å². The van der Waals surface area contributed by atoms with E-state index in [2.05, 4.69) is 26.3 Å². The van der Waals surface area contributed by atoms with Crippen molar-refractivity contribution >= 4 is 33.2 Å². The number of phenols is 1. The molecule has 0 aliphatic heterocycles. The Balaban J connectivity index is 1.78. The van der Waals surface area contributed by atoms with Gasteiger partial charge in [-0.05, 0) is 34.8 Å². The molecule has 0 spiro atoms. The van der Waals surface area contributed by atoms with E-state index in [0.29, 0.717) is 5.69 Å². The van der Waals surface area contributed by atoms with Crippen molar-refractivity contribution in [2.24, 2.45) is 0 Å². The van der Waals surface area contributed by atoms with Crippen molar-refractivity contribution in [3.8, 4) is 5.75 Å². The Morgan fingerprint density at radius 2 is 2.19 bits per heavy atom. The summed E-state index contributed by atoms with van der Waals surface area (Å²) in [5, 5.41) is 26.6. The van der Waals surface area contributed by atoms with Gasteiger partial charge < -0.3 is 10.4 Å². The van der Waals surface area contributed by atoms with Gasteiger partial charge in [0.1, 0.15) is 18.0 Å². The molecule has 1 amide bonds. The first kappa shape index (κ1) is 18.2. The highest BCUT2D eigenvalue weighted by Gasteiger charge is 2.34. The van der Waals surface area contributed by atoms with Crippen LogP contribution in [0.15, 0.2) is 22.7 Å². The summed E-state index contributed by atoms with van der Waals surface area (Å²) >= 11 is 3.13. The monoisotopic (exact) mass is 430 g/mol. The van der Waals surface area contributed by atoms with Crippen LogP contribution in [0.3, 0.4) is 0 Å². The number of amides is 1. The zero-order valence-electron chi connectivity index (χ0n) is 13.2. The van der Waals surface area contributed by atoms with Crippen molar-refractivity contribution in [3.63, 3.8) is 0 Å². The summed E-state index contributed by atoms with van der Waals surface area (Å²) in [6, 6.07) is 3.23. The van der Waals surface area contributed by atoms with Gasteiger partial charge in [0.05, 0.1) is 26.8 Å². The first-order valence-corrected chi connectivity index (χ1v) is 8.38. The molecule has 1 aliphatic rings. The maximum absolute atomic E-state index is 13.1. The molecule has 1 aromatic carbocycles. The molecule has 2 aromatic rings. The van der Waals surface area contributed by atoms with E-state index in [1.165, 1.54) is 10.7 Å². The number of aromatic nitrogens is 2. The van der Waals surface area contributed by atoms with E-state index >= 15 is 0 Å². The molecule has 1 aliphatic carbocycles. The Hall–Kier alpha value is -2.56. The van der Waals surface area contributed by atoms with E-state index in [9.17, 15) is 28.8 Å². The molecule has 3 rings (SSSR count). The third-order valence-corrected chi connectivity index (χ3v) is 4.70. The highest BCUT2D eigenvalue weighted by Crippen LogP contribution is 2.45. The summed E-state index contributed by atoms with van der Waals surface area (Å²) in [6.07, 6.45) is -1.11. The van der Waals surface area contributed by atoms with Crippen LogP contribution in [0.5, 0.6) is 5.75 Å². The number of alkyl halides is 2. The number of nitro benzene ring substituents is 1. The minimum Gasteiger partial charge on any atom is -0.506 e. The summed E-state index contributed by atoms with van der Waals surface area (Å²) in [6.45, 7) is -0.326. The van der Waals surface area contributed by atoms with Crippen LogP contribution in [0, 0.1) is 10.1 Å². The molecule has 1 aromatic heterocycles. The van der Waals surface area contributed by atoms with Gasteiger partial charge in [-0.1, -0.05) is 0 Å². The standard InChI is InChI=1S/C15H13BrF2N4O4/c16-12-13(15(17)18)20-21(14(12)7-1-2-7)6-11(24)19-9-4-3-8(22(25)26)5-10(9)23/h3-5,7,15,23H,1-2,6H2,(H,19,24). The highest BCUT2D eigenvalue weighted by molar-refractivity contribution is 9.10. The maximum Gasteiger partial charge on any atom is 0.283 e. The molecule has 2 N–H and O–H groups in total. The van der Waals surface area contributed by atoms with Gasteiger partial charge in [0.15, 0.2) is 0 Å². The number of non-ortho nitro benzene ring substituents is 1. The molecule has 0 radical (unpaired) electrons. The fraction of sp³-hybridized carbons (Fsp3) is 0.333. The predicted octanol–water partition coefficient (Wildman–Crippen LogP) is 3.71. The van der Waals surface area contributed by atoms with E-state index < -0.39 is 28.7 Å². The molecule has 11 heteroatoms. The Labute approximate surface area is 154 Å². The Morgan fingerprint density at radius 3 is 2.73 bits per heavy atom. The number of anilines is 1. The van der Waals surface area contributed by atoms with E-state index in [4.69, 9.17) is 0 Å². The molecule has 1 fully saturated rings. The van der Waals surface area contributed by atoms with Gasteiger partial charge >= 0.3 is 0 Å². The van der Waals surface area contributed by atoms with Crippen LogP contribution in [0.1, 0.15) is 36.6 Å². The third-order valence-electron chi connectivity index (χ3n) is 3.89. The Morgan fingerprint density at radius 1 is 1.50 bits per heavy atom. The van der Waals surface area contributed by atoms with Gasteiger partial charge in [-0.2, -0.15) is 5.10 Å². The van der Waals surface area contributed by atoms with Gasteiger partial charge in [-0.3, -0.25) is 19.6 Å². The highest BCUT2D eigenvalue weighted by atomic mass is 79.9. The summed E-state index contributed by atoms with van der Waals surface area (Å²) in [7, 11) is 0. The van der Waals surface area contributed by atoms with Gasteiger partial charge in [0, 0.05) is 12.0 Å². The lowest BCUT2D eigenvalue weighted by atomic mass is 10.2. The summed E-state index contributed by atoms with van der Waals surface area (Å²) < 4.78 is 27.5. The number of phenolic OH excluding ortho intramolecular Hbond substituents is 1.